The van der Waals surface area contributed by atoms with Crippen molar-refractivity contribution in [3.05, 3.63) is 0 Å². The van der Waals surface area contributed by atoms with Crippen molar-refractivity contribution >= 4 is 11.9 Å². The summed E-state index contributed by atoms with van der Waals surface area (Å²) in [5.41, 5.74) is -4.58. The van der Waals surface area contributed by atoms with Crippen LogP contribution in [0.1, 0.15) is 133 Å². The number of aliphatic hydroxyl groups excluding tert-OH is 8. The van der Waals surface area contributed by atoms with E-state index in [1.54, 1.807) is 34.8 Å². The van der Waals surface area contributed by atoms with Crippen LogP contribution >= 0.6 is 0 Å². The van der Waals surface area contributed by atoms with Crippen LogP contribution in [0.15, 0.2) is 0 Å². The smallest absolute Gasteiger partial charge is 0.309 e. The molecule has 5 saturated heterocycles. The fraction of sp³-hybridized carbons (Fsp3) is 0.967. The molecule has 34 atom stereocenters. The van der Waals surface area contributed by atoms with Gasteiger partial charge in [0, 0.05) is 41.1 Å². The predicted molar refractivity (Wildman–Crippen MR) is 301 cm³/mol. The van der Waals surface area contributed by atoms with Gasteiger partial charge >= 0.3 is 11.9 Å². The number of hydrogen-bond donors (Lipinski definition) is 10. The first-order valence-corrected chi connectivity index (χ1v) is 31.8. The van der Waals surface area contributed by atoms with Gasteiger partial charge in [0.1, 0.15) is 97.2 Å². The zero-order valence-corrected chi connectivity index (χ0v) is 52.9. The highest BCUT2D eigenvalue weighted by Crippen LogP contribution is 2.71. The van der Waals surface area contributed by atoms with Gasteiger partial charge in [-0.3, -0.25) is 9.59 Å². The molecule has 88 heavy (non-hydrogen) atoms. The van der Waals surface area contributed by atoms with E-state index >= 15 is 0 Å². The maximum atomic E-state index is 13.1. The number of hydrogen-bond acceptors (Lipinski definition) is 27. The minimum atomic E-state index is -1.86. The van der Waals surface area contributed by atoms with Crippen molar-refractivity contribution in [3.8, 4) is 0 Å². The lowest BCUT2D eigenvalue weighted by Crippen LogP contribution is -2.72. The average Bonchev–Trinajstić information content (AvgIpc) is 1.40. The van der Waals surface area contributed by atoms with Gasteiger partial charge in [-0.15, -0.1) is 0 Å². The fourth-order valence-electron chi connectivity index (χ4n) is 16.9. The second kappa shape index (κ2) is 28.1. The molecule has 0 spiro atoms. The zero-order valence-electron chi connectivity index (χ0n) is 52.9. The molecule has 9 aliphatic rings. The number of aliphatic hydroxyl groups is 10. The highest BCUT2D eigenvalue weighted by atomic mass is 16.8. The standard InChI is InChI=1S/C61H102O27/c1-13-26(2)54(71)80-30(6)60(72)18-19-61(73)34-15-14-32-20-33(16-17-58(32,8)35(34)21-40(59(60,61)9)81-31(7)64)82-41-22-36(74-10)49(27(3)77-41)85-42-23-37(75-11)50(28(4)78-42)86-57-48(70)53(76-12)51(29(5)79-57)87-56-47(69)45(67)52(39(25-63)84-56)88-55-46(68)44(66)43(65)38(24-62)83-55/h26-30,32-53,55-57,62-63,65-70,72-73H,13-25H2,1-12H3. The van der Waals surface area contributed by atoms with Gasteiger partial charge in [-0.1, -0.05) is 27.7 Å². The molecule has 5 heterocycles. The third kappa shape index (κ3) is 12.9. The molecular weight excluding hydrogens is 1160 g/mol. The van der Waals surface area contributed by atoms with Gasteiger partial charge in [0.2, 0.25) is 0 Å². The Balaban J connectivity index is 0.774. The van der Waals surface area contributed by atoms with Gasteiger partial charge < -0.3 is 122 Å². The molecule has 27 nitrogen and oxygen atoms in total. The molecule has 0 aromatic rings. The number of fused-ring (bicyclic) bond motifs is 5. The highest BCUT2D eigenvalue weighted by molar-refractivity contribution is 5.72. The summed E-state index contributed by atoms with van der Waals surface area (Å²) >= 11 is 0. The van der Waals surface area contributed by atoms with Crippen LogP contribution in [0.5, 0.6) is 0 Å². The Kier molecular flexibility index (Phi) is 22.5. The Morgan fingerprint density at radius 3 is 1.72 bits per heavy atom. The van der Waals surface area contributed by atoms with Crippen molar-refractivity contribution in [1.29, 1.82) is 0 Å². The van der Waals surface area contributed by atoms with Crippen LogP contribution in [0.3, 0.4) is 0 Å². The summed E-state index contributed by atoms with van der Waals surface area (Å²) in [6.07, 6.45) is -23.9. The number of rotatable bonds is 20. The van der Waals surface area contributed by atoms with E-state index in [-0.39, 0.29) is 54.5 Å². The maximum Gasteiger partial charge on any atom is 0.309 e. The highest BCUT2D eigenvalue weighted by Gasteiger charge is 2.77. The quantitative estimate of drug-likeness (QED) is 0.0566. The Labute approximate surface area is 515 Å². The summed E-state index contributed by atoms with van der Waals surface area (Å²) in [6, 6.07) is 0. The second-order valence-electron chi connectivity index (χ2n) is 27.1. The lowest BCUT2D eigenvalue weighted by Gasteiger charge is -2.66. The van der Waals surface area contributed by atoms with Gasteiger partial charge in [0.25, 0.3) is 0 Å². The lowest BCUT2D eigenvalue weighted by atomic mass is 9.42. The second-order valence-corrected chi connectivity index (χ2v) is 27.1. The fourth-order valence-corrected chi connectivity index (χ4v) is 16.9. The largest absolute Gasteiger partial charge is 0.462 e. The minimum Gasteiger partial charge on any atom is -0.462 e. The van der Waals surface area contributed by atoms with Gasteiger partial charge in [0.15, 0.2) is 31.5 Å². The van der Waals surface area contributed by atoms with Gasteiger partial charge in [-0.2, -0.15) is 0 Å². The molecule has 4 aliphatic carbocycles. The molecule has 9 fully saturated rings. The Morgan fingerprint density at radius 1 is 0.568 bits per heavy atom. The molecule has 5 aliphatic heterocycles. The van der Waals surface area contributed by atoms with Gasteiger partial charge in [-0.05, 0) is 109 Å². The minimum absolute atomic E-state index is 0.0210. The summed E-state index contributed by atoms with van der Waals surface area (Å²) in [5.74, 6) is -1.25. The molecule has 0 amide bonds. The number of carbonyl (C=O) groups excluding carboxylic acids is 2. The number of methoxy groups -OCH3 is 3. The van der Waals surface area contributed by atoms with E-state index in [4.69, 9.17) is 71.1 Å². The molecule has 508 valence electrons. The van der Waals surface area contributed by atoms with Crippen LogP contribution in [0, 0.1) is 34.5 Å². The summed E-state index contributed by atoms with van der Waals surface area (Å²) < 4.78 is 92.1. The number of ether oxygens (including phenoxy) is 15. The van der Waals surface area contributed by atoms with Crippen molar-refractivity contribution in [2.75, 3.05) is 34.5 Å². The molecule has 0 aromatic carbocycles. The molecule has 9 rings (SSSR count). The van der Waals surface area contributed by atoms with E-state index in [0.717, 1.165) is 25.7 Å². The molecule has 0 bridgehead atoms. The topological polar surface area (TPSA) is 375 Å². The Morgan fingerprint density at radius 2 is 1.12 bits per heavy atom. The van der Waals surface area contributed by atoms with Crippen LogP contribution in [0.4, 0.5) is 0 Å². The Bertz CT molecular complexity index is 2300. The summed E-state index contributed by atoms with van der Waals surface area (Å²) in [4.78, 5) is 25.9. The van der Waals surface area contributed by atoms with Crippen molar-refractivity contribution < 1.29 is 132 Å². The normalized spacial score (nSPS) is 51.3. The van der Waals surface area contributed by atoms with Crippen molar-refractivity contribution in [2.45, 2.75) is 304 Å². The molecular formula is C61H102O27. The molecule has 27 heteroatoms. The average molecular weight is 1270 g/mol. The maximum absolute atomic E-state index is 13.1. The third-order valence-electron chi connectivity index (χ3n) is 22.4. The molecule has 10 N–H and O–H groups in total. The summed E-state index contributed by atoms with van der Waals surface area (Å²) in [5, 5.41) is 111. The Hall–Kier alpha value is -1.98. The SMILES string of the molecule is CCC(C)C(=O)OC(C)C1(O)CCC2(O)C3CCC4CC(OC5CC(OC)C(OC6CC(OC)C(OC7OC(C)C(OC8OC(CO)C(OC9OC(CO)C(O)C(O)C9O)C(O)C8O)C(OC)C7O)C(C)O6)C(C)O5)CCC4(C)C3CC(OC(C)=O)C12C. The summed E-state index contributed by atoms with van der Waals surface area (Å²) in [6.45, 7) is 14.6. The van der Waals surface area contributed by atoms with Crippen molar-refractivity contribution in [2.24, 2.45) is 34.5 Å². The van der Waals surface area contributed by atoms with Gasteiger partial charge in [-0.25, -0.2) is 0 Å². The van der Waals surface area contributed by atoms with Crippen molar-refractivity contribution in [1.82, 2.24) is 0 Å². The first-order valence-electron chi connectivity index (χ1n) is 31.8. The van der Waals surface area contributed by atoms with Crippen LogP contribution < -0.4 is 0 Å². The van der Waals surface area contributed by atoms with Crippen LogP contribution in [0.25, 0.3) is 0 Å². The summed E-state index contributed by atoms with van der Waals surface area (Å²) in [7, 11) is 4.46. The van der Waals surface area contributed by atoms with E-state index in [1.807, 2.05) is 20.8 Å². The van der Waals surface area contributed by atoms with E-state index in [9.17, 15) is 60.7 Å². The van der Waals surface area contributed by atoms with Crippen molar-refractivity contribution in [3.63, 3.8) is 0 Å². The predicted octanol–water partition coefficient (Wildman–Crippen LogP) is -0.0201. The van der Waals surface area contributed by atoms with Gasteiger partial charge in [0.05, 0.1) is 66.8 Å². The number of carbonyl (C=O) groups is 2. The van der Waals surface area contributed by atoms with E-state index in [1.165, 1.54) is 21.1 Å². The lowest BCUT2D eigenvalue weighted by molar-refractivity contribution is -0.385. The molecule has 0 aromatic heterocycles. The molecule has 4 saturated carbocycles. The van der Waals surface area contributed by atoms with Crippen LogP contribution in [0.2, 0.25) is 0 Å². The first-order chi connectivity index (χ1) is 41.6. The molecule has 0 radical (unpaired) electrons. The monoisotopic (exact) mass is 1270 g/mol. The van der Waals surface area contributed by atoms with Crippen LogP contribution in [-0.4, -0.2) is 268 Å². The van der Waals surface area contributed by atoms with E-state index in [2.05, 4.69) is 6.92 Å². The van der Waals surface area contributed by atoms with Crippen LogP contribution in [-0.2, 0) is 80.6 Å². The number of esters is 2. The third-order valence-corrected chi connectivity index (χ3v) is 22.4. The molecule has 34 unspecified atom stereocenters. The zero-order chi connectivity index (χ0) is 64.3. The van der Waals surface area contributed by atoms with E-state index < -0.39 is 195 Å². The first kappa shape index (κ1) is 70.3. The van der Waals surface area contributed by atoms with E-state index in [0.29, 0.717) is 25.7 Å².